The summed E-state index contributed by atoms with van der Waals surface area (Å²) in [6.45, 7) is 6.51. The number of hydrogen-bond donors (Lipinski definition) is 1. The number of likely N-dealkylation sites (tertiary alicyclic amines) is 1. The molecule has 0 aromatic carbocycles. The maximum absolute atomic E-state index is 12.0. The van der Waals surface area contributed by atoms with Gasteiger partial charge in [0.05, 0.1) is 22.3 Å². The normalized spacial score (nSPS) is 22.2. The van der Waals surface area contributed by atoms with E-state index in [-0.39, 0.29) is 11.5 Å². The number of nitrogens with one attached hydrogen (secondary N) is 1. The lowest BCUT2D eigenvalue weighted by molar-refractivity contribution is -0.136. The Morgan fingerprint density at radius 2 is 2.32 bits per heavy atom. The summed E-state index contributed by atoms with van der Waals surface area (Å²) in [6, 6.07) is 0. The van der Waals surface area contributed by atoms with Gasteiger partial charge >= 0.3 is 0 Å². The highest BCUT2D eigenvalue weighted by Crippen LogP contribution is 2.42. The predicted molar refractivity (Wildman–Crippen MR) is 98.0 cm³/mol. The lowest BCUT2D eigenvalue weighted by atomic mass is 9.79. The van der Waals surface area contributed by atoms with E-state index in [4.69, 9.17) is 4.74 Å². The highest BCUT2D eigenvalue weighted by Gasteiger charge is 2.52. The van der Waals surface area contributed by atoms with Crippen LogP contribution in [0.5, 0.6) is 0 Å². The molecule has 2 fully saturated rings. The Balaban J connectivity index is 1.26. The second-order valence-electron chi connectivity index (χ2n) is 6.82. The van der Waals surface area contributed by atoms with Gasteiger partial charge in [0.25, 0.3) is 5.91 Å². The van der Waals surface area contributed by atoms with Crippen molar-refractivity contribution in [1.82, 2.24) is 20.2 Å². The summed E-state index contributed by atoms with van der Waals surface area (Å²) in [5.41, 5.74) is 5.24. The van der Waals surface area contributed by atoms with Crippen molar-refractivity contribution >= 4 is 28.6 Å². The van der Waals surface area contributed by atoms with Crippen molar-refractivity contribution in [2.45, 2.75) is 31.9 Å². The summed E-state index contributed by atoms with van der Waals surface area (Å²) in [5.74, 6) is 0.437. The molecular weight excluding hydrogens is 356 g/mol. The van der Waals surface area contributed by atoms with Crippen molar-refractivity contribution in [3.8, 4) is 0 Å². The van der Waals surface area contributed by atoms with E-state index in [1.807, 2.05) is 5.51 Å². The Labute approximate surface area is 155 Å². The van der Waals surface area contributed by atoms with Gasteiger partial charge in [0.1, 0.15) is 5.69 Å². The third-order valence-corrected chi connectivity index (χ3v) is 6.74. The van der Waals surface area contributed by atoms with Gasteiger partial charge in [-0.25, -0.2) is 9.97 Å². The molecule has 8 heteroatoms. The van der Waals surface area contributed by atoms with Crippen LogP contribution >= 0.6 is 22.7 Å². The van der Waals surface area contributed by atoms with Gasteiger partial charge in [-0.3, -0.25) is 9.69 Å². The molecule has 134 valence electrons. The Bertz CT molecular complexity index is 725. The molecule has 4 heterocycles. The molecule has 2 saturated heterocycles. The fraction of sp³-hybridized carbons (Fsp3) is 0.588. The molecule has 2 aromatic heterocycles. The molecular formula is C17H22N4O2S2. The van der Waals surface area contributed by atoms with E-state index in [0.717, 1.165) is 44.8 Å². The molecule has 2 aliphatic heterocycles. The molecule has 6 nitrogen and oxygen atoms in total. The number of rotatable bonds is 6. The van der Waals surface area contributed by atoms with Crippen LogP contribution in [0.25, 0.3) is 0 Å². The number of ether oxygens (including phenoxy) is 1. The van der Waals surface area contributed by atoms with Crippen LogP contribution in [0, 0.1) is 12.8 Å². The third-order valence-electron chi connectivity index (χ3n) is 5.24. The topological polar surface area (TPSA) is 67.3 Å². The van der Waals surface area contributed by atoms with Crippen molar-refractivity contribution in [3.63, 3.8) is 0 Å². The summed E-state index contributed by atoms with van der Waals surface area (Å²) >= 11 is 3.17. The monoisotopic (exact) mass is 378 g/mol. The summed E-state index contributed by atoms with van der Waals surface area (Å²) in [5, 5.41) is 4.76. The van der Waals surface area contributed by atoms with E-state index < -0.39 is 0 Å². The first-order valence-corrected chi connectivity index (χ1v) is 10.4. The van der Waals surface area contributed by atoms with Gasteiger partial charge in [-0.2, -0.15) is 0 Å². The van der Waals surface area contributed by atoms with Crippen molar-refractivity contribution in [1.29, 1.82) is 0 Å². The minimum absolute atomic E-state index is 0.00997. The number of carbonyl (C=O) groups is 1. The minimum atomic E-state index is -0.0786. The van der Waals surface area contributed by atoms with Gasteiger partial charge in [-0.1, -0.05) is 0 Å². The summed E-state index contributed by atoms with van der Waals surface area (Å²) in [6.07, 6.45) is 2.04. The molecule has 4 rings (SSSR count). The van der Waals surface area contributed by atoms with Crippen molar-refractivity contribution in [2.75, 3.05) is 26.2 Å². The van der Waals surface area contributed by atoms with E-state index >= 15 is 0 Å². The summed E-state index contributed by atoms with van der Waals surface area (Å²) in [7, 11) is 0. The Morgan fingerprint density at radius 1 is 1.44 bits per heavy atom. The van der Waals surface area contributed by atoms with E-state index in [1.165, 1.54) is 16.2 Å². The highest BCUT2D eigenvalue weighted by molar-refractivity contribution is 7.09. The van der Waals surface area contributed by atoms with Crippen molar-refractivity contribution in [3.05, 3.63) is 32.7 Å². The average molecular weight is 379 g/mol. The predicted octanol–water partition coefficient (Wildman–Crippen LogP) is 2.32. The first-order chi connectivity index (χ1) is 12.2. The third kappa shape index (κ3) is 3.48. The molecule has 25 heavy (non-hydrogen) atoms. The Morgan fingerprint density at radius 3 is 3.04 bits per heavy atom. The van der Waals surface area contributed by atoms with Gasteiger partial charge in [-0.05, 0) is 25.7 Å². The molecule has 0 bridgehead atoms. The largest absolute Gasteiger partial charge is 0.372 e. The Hall–Kier alpha value is -1.35. The van der Waals surface area contributed by atoms with Gasteiger partial charge in [0.15, 0.2) is 0 Å². The van der Waals surface area contributed by atoms with Gasteiger partial charge in [0, 0.05) is 43.0 Å². The van der Waals surface area contributed by atoms with Crippen LogP contribution in [-0.4, -0.2) is 52.6 Å². The van der Waals surface area contributed by atoms with E-state index in [2.05, 4.69) is 27.1 Å². The molecule has 0 saturated carbocycles. The molecule has 0 unspecified atom stereocenters. The fourth-order valence-electron chi connectivity index (χ4n) is 3.82. The van der Waals surface area contributed by atoms with Gasteiger partial charge in [-0.15, -0.1) is 22.7 Å². The maximum Gasteiger partial charge on any atom is 0.270 e. The zero-order chi connectivity index (χ0) is 17.3. The number of thiazole rings is 2. The highest BCUT2D eigenvalue weighted by atomic mass is 32.1. The lowest BCUT2D eigenvalue weighted by Crippen LogP contribution is -2.64. The second kappa shape index (κ2) is 7.11. The van der Waals surface area contributed by atoms with Crippen LogP contribution in [0.15, 0.2) is 16.4 Å². The molecule has 0 aliphatic carbocycles. The summed E-state index contributed by atoms with van der Waals surface area (Å²) < 4.78 is 6.12. The SMILES string of the molecule is Cc1ncsc1CN1CC2(C1)OCC[C@@H]2CCNC(=O)c1cscn1. The first-order valence-electron chi connectivity index (χ1n) is 8.58. The standard InChI is InChI=1S/C17H22N4O2S2/c1-12-15(25-11-19-12)6-21-8-17(9-21)13(3-5-23-17)2-4-18-16(22)14-7-24-10-20-14/h7,10-11,13H,2-6,8-9H2,1H3,(H,18,22)/t13-/m0/s1. The molecule has 2 aromatic rings. The molecule has 1 atom stereocenters. The lowest BCUT2D eigenvalue weighted by Gasteiger charge is -2.50. The number of nitrogens with zero attached hydrogens (tertiary/aromatic N) is 3. The zero-order valence-corrected chi connectivity index (χ0v) is 15.9. The van der Waals surface area contributed by atoms with Crippen LogP contribution in [0.1, 0.15) is 33.9 Å². The quantitative estimate of drug-likeness (QED) is 0.836. The van der Waals surface area contributed by atoms with E-state index in [1.54, 1.807) is 22.2 Å². The fourth-order valence-corrected chi connectivity index (χ4v) is 5.17. The van der Waals surface area contributed by atoms with E-state index in [9.17, 15) is 4.79 Å². The van der Waals surface area contributed by atoms with Crippen LogP contribution in [0.4, 0.5) is 0 Å². The molecule has 1 amide bonds. The number of aromatic nitrogens is 2. The van der Waals surface area contributed by atoms with Crippen LogP contribution in [-0.2, 0) is 11.3 Å². The number of aryl methyl sites for hydroxylation is 1. The average Bonchev–Trinajstić information content (AvgIpc) is 3.29. The Kier molecular flexibility index (Phi) is 4.86. The number of amides is 1. The van der Waals surface area contributed by atoms with Crippen LogP contribution in [0.3, 0.4) is 0 Å². The molecule has 1 spiro atoms. The maximum atomic E-state index is 12.0. The molecule has 0 radical (unpaired) electrons. The van der Waals surface area contributed by atoms with Gasteiger partial charge < -0.3 is 10.1 Å². The molecule has 1 N–H and O–H groups in total. The second-order valence-corrected chi connectivity index (χ2v) is 8.48. The van der Waals surface area contributed by atoms with Crippen molar-refractivity contribution in [2.24, 2.45) is 5.92 Å². The van der Waals surface area contributed by atoms with Gasteiger partial charge in [0.2, 0.25) is 0 Å². The summed E-state index contributed by atoms with van der Waals surface area (Å²) in [4.78, 5) is 24.1. The van der Waals surface area contributed by atoms with Crippen molar-refractivity contribution < 1.29 is 9.53 Å². The number of hydrogen-bond acceptors (Lipinski definition) is 7. The van der Waals surface area contributed by atoms with E-state index in [0.29, 0.717) is 18.2 Å². The minimum Gasteiger partial charge on any atom is -0.372 e. The zero-order valence-electron chi connectivity index (χ0n) is 14.2. The molecule has 2 aliphatic rings. The van der Waals surface area contributed by atoms with Crippen LogP contribution < -0.4 is 5.32 Å². The smallest absolute Gasteiger partial charge is 0.270 e. The number of carbonyl (C=O) groups excluding carboxylic acids is 1. The van der Waals surface area contributed by atoms with Crippen LogP contribution in [0.2, 0.25) is 0 Å². The first kappa shape index (κ1) is 17.1.